The van der Waals surface area contributed by atoms with Crippen LogP contribution in [0.1, 0.15) is 25.3 Å². The average molecular weight is 285 g/mol. The van der Waals surface area contributed by atoms with Gasteiger partial charge in [0.2, 0.25) is 10.0 Å². The smallest absolute Gasteiger partial charge is 0.238 e. The Kier molecular flexibility index (Phi) is 4.13. The molecule has 0 aliphatic carbocycles. The molecule has 1 fully saturated rings. The lowest BCUT2D eigenvalue weighted by atomic mass is 10.2. The van der Waals surface area contributed by atoms with Crippen molar-refractivity contribution in [1.82, 2.24) is 0 Å². The second-order valence-corrected chi connectivity index (χ2v) is 6.46. The topological polar surface area (TPSA) is 78.6 Å². The zero-order valence-electron chi connectivity index (χ0n) is 11.1. The molecule has 1 aromatic rings. The maximum atomic E-state index is 11.3. The first kappa shape index (κ1) is 14.3. The maximum Gasteiger partial charge on any atom is 0.238 e. The number of hydrogen-bond acceptors (Lipinski definition) is 4. The van der Waals surface area contributed by atoms with Crippen LogP contribution < -0.4 is 9.88 Å². The van der Waals surface area contributed by atoms with Gasteiger partial charge < -0.3 is 9.47 Å². The van der Waals surface area contributed by atoms with E-state index < -0.39 is 10.0 Å². The fraction of sp³-hybridized carbons (Fsp3) is 0.538. The highest BCUT2D eigenvalue weighted by atomic mass is 32.2. The van der Waals surface area contributed by atoms with Gasteiger partial charge in [-0.05, 0) is 50.5 Å². The van der Waals surface area contributed by atoms with Crippen molar-refractivity contribution >= 4 is 10.0 Å². The summed E-state index contributed by atoms with van der Waals surface area (Å²) in [5.74, 6) is 0.632. The van der Waals surface area contributed by atoms with Crippen molar-refractivity contribution in [3.05, 3.63) is 23.8 Å². The zero-order chi connectivity index (χ0) is 14.0. The minimum absolute atomic E-state index is 0.119. The second kappa shape index (κ2) is 5.48. The van der Waals surface area contributed by atoms with E-state index in [0.717, 1.165) is 12.8 Å². The van der Waals surface area contributed by atoms with Crippen molar-refractivity contribution in [2.24, 2.45) is 5.14 Å². The summed E-state index contributed by atoms with van der Waals surface area (Å²) in [7, 11) is -3.67. The number of ether oxygens (including phenoxy) is 2. The van der Waals surface area contributed by atoms with Crippen LogP contribution in [0.25, 0.3) is 0 Å². The largest absolute Gasteiger partial charge is 0.491 e. The highest BCUT2D eigenvalue weighted by Gasteiger charge is 2.22. The van der Waals surface area contributed by atoms with E-state index in [9.17, 15) is 8.42 Å². The van der Waals surface area contributed by atoms with Gasteiger partial charge in [0.15, 0.2) is 0 Å². The van der Waals surface area contributed by atoms with Crippen molar-refractivity contribution in [2.45, 2.75) is 43.8 Å². The van der Waals surface area contributed by atoms with Gasteiger partial charge in [0.25, 0.3) is 0 Å². The van der Waals surface area contributed by atoms with E-state index in [1.54, 1.807) is 19.1 Å². The van der Waals surface area contributed by atoms with Gasteiger partial charge in [-0.1, -0.05) is 0 Å². The average Bonchev–Trinajstić information content (AvgIpc) is 2.71. The first-order valence-electron chi connectivity index (χ1n) is 6.28. The predicted octanol–water partition coefficient (Wildman–Crippen LogP) is 1.59. The van der Waals surface area contributed by atoms with E-state index in [-0.39, 0.29) is 11.0 Å². The third kappa shape index (κ3) is 3.68. The molecule has 0 saturated carbocycles. The molecule has 0 spiro atoms. The Bertz CT molecular complexity index is 556. The molecule has 1 saturated heterocycles. The molecule has 0 bridgehead atoms. The van der Waals surface area contributed by atoms with Crippen molar-refractivity contribution in [3.8, 4) is 5.75 Å². The van der Waals surface area contributed by atoms with E-state index >= 15 is 0 Å². The van der Waals surface area contributed by atoms with Crippen LogP contribution in [0, 0.1) is 6.92 Å². The van der Waals surface area contributed by atoms with Crippen LogP contribution >= 0.6 is 0 Å². The summed E-state index contributed by atoms with van der Waals surface area (Å²) in [4.78, 5) is 0.130. The van der Waals surface area contributed by atoms with Crippen LogP contribution in [0.2, 0.25) is 0 Å². The molecule has 2 N–H and O–H groups in total. The van der Waals surface area contributed by atoms with Gasteiger partial charge in [-0.25, -0.2) is 13.6 Å². The third-order valence-electron chi connectivity index (χ3n) is 3.21. The van der Waals surface area contributed by atoms with Crippen LogP contribution in [0.15, 0.2) is 23.1 Å². The standard InChI is InChI=1S/C13H19NO4S/c1-9-7-11(5-6-13(9)19(14,15)16)17-8-12-4-3-10(2)18-12/h5-7,10,12H,3-4,8H2,1-2H3,(H2,14,15,16). The fourth-order valence-corrected chi connectivity index (χ4v) is 2.99. The molecule has 1 aromatic carbocycles. The number of aryl methyl sites for hydroxylation is 1. The lowest BCUT2D eigenvalue weighted by molar-refractivity contribution is 0.0264. The van der Waals surface area contributed by atoms with Gasteiger partial charge in [-0.2, -0.15) is 0 Å². The van der Waals surface area contributed by atoms with Crippen LogP contribution in [-0.2, 0) is 14.8 Å². The Morgan fingerprint density at radius 1 is 1.42 bits per heavy atom. The number of nitrogens with two attached hydrogens (primary N) is 1. The molecule has 2 unspecified atom stereocenters. The molecule has 106 valence electrons. The summed E-state index contributed by atoms with van der Waals surface area (Å²) in [6.07, 6.45) is 2.46. The first-order chi connectivity index (χ1) is 8.86. The number of primary sulfonamides is 1. The molecule has 19 heavy (non-hydrogen) atoms. The molecular weight excluding hydrogens is 266 g/mol. The van der Waals surface area contributed by atoms with Crippen molar-refractivity contribution in [3.63, 3.8) is 0 Å². The molecular formula is C13H19NO4S. The number of sulfonamides is 1. The summed E-state index contributed by atoms with van der Waals surface area (Å²) in [6, 6.07) is 4.77. The van der Waals surface area contributed by atoms with Crippen LogP contribution in [-0.4, -0.2) is 27.2 Å². The summed E-state index contributed by atoms with van der Waals surface area (Å²) < 4.78 is 33.8. The minimum Gasteiger partial charge on any atom is -0.491 e. The van der Waals surface area contributed by atoms with Crippen molar-refractivity contribution < 1.29 is 17.9 Å². The summed E-state index contributed by atoms with van der Waals surface area (Å²) in [5.41, 5.74) is 0.584. The SMILES string of the molecule is Cc1cc(OCC2CCC(C)O2)ccc1S(N)(=O)=O. The minimum atomic E-state index is -3.67. The Hall–Kier alpha value is -1.11. The molecule has 1 aliphatic heterocycles. The van der Waals surface area contributed by atoms with Gasteiger partial charge >= 0.3 is 0 Å². The number of benzene rings is 1. The Labute approximate surface area is 113 Å². The molecule has 1 aliphatic rings. The Morgan fingerprint density at radius 2 is 2.16 bits per heavy atom. The van der Waals surface area contributed by atoms with E-state index in [0.29, 0.717) is 24.0 Å². The molecule has 0 radical (unpaired) electrons. The van der Waals surface area contributed by atoms with E-state index in [2.05, 4.69) is 0 Å². The van der Waals surface area contributed by atoms with Gasteiger partial charge in [-0.3, -0.25) is 0 Å². The Morgan fingerprint density at radius 3 is 2.68 bits per heavy atom. The van der Waals surface area contributed by atoms with Crippen LogP contribution in [0.3, 0.4) is 0 Å². The molecule has 0 amide bonds. The second-order valence-electron chi connectivity index (χ2n) is 4.93. The molecule has 0 aromatic heterocycles. The fourth-order valence-electron chi connectivity index (χ4n) is 2.23. The monoisotopic (exact) mass is 285 g/mol. The zero-order valence-corrected chi connectivity index (χ0v) is 11.9. The highest BCUT2D eigenvalue weighted by molar-refractivity contribution is 7.89. The van der Waals surface area contributed by atoms with Gasteiger partial charge in [0.05, 0.1) is 17.1 Å². The van der Waals surface area contributed by atoms with Gasteiger partial charge in [-0.15, -0.1) is 0 Å². The van der Waals surface area contributed by atoms with E-state index in [1.807, 2.05) is 6.92 Å². The maximum absolute atomic E-state index is 11.3. The number of hydrogen-bond donors (Lipinski definition) is 1. The Balaban J connectivity index is 2.01. The van der Waals surface area contributed by atoms with Crippen LogP contribution in [0.5, 0.6) is 5.75 Å². The lowest BCUT2D eigenvalue weighted by Crippen LogP contribution is -2.18. The van der Waals surface area contributed by atoms with E-state index in [1.165, 1.54) is 6.07 Å². The normalized spacial score (nSPS) is 23.5. The van der Waals surface area contributed by atoms with Crippen molar-refractivity contribution in [1.29, 1.82) is 0 Å². The van der Waals surface area contributed by atoms with Gasteiger partial charge in [0, 0.05) is 0 Å². The first-order valence-corrected chi connectivity index (χ1v) is 7.82. The van der Waals surface area contributed by atoms with E-state index in [4.69, 9.17) is 14.6 Å². The molecule has 1 heterocycles. The summed E-state index contributed by atoms with van der Waals surface area (Å²) in [5, 5.41) is 5.11. The molecule has 5 nitrogen and oxygen atoms in total. The quantitative estimate of drug-likeness (QED) is 0.911. The van der Waals surface area contributed by atoms with Crippen LogP contribution in [0.4, 0.5) is 0 Å². The van der Waals surface area contributed by atoms with Gasteiger partial charge in [0.1, 0.15) is 12.4 Å². The third-order valence-corrected chi connectivity index (χ3v) is 4.28. The molecule has 2 rings (SSSR count). The summed E-state index contributed by atoms with van der Waals surface area (Å²) in [6.45, 7) is 4.23. The highest BCUT2D eigenvalue weighted by Crippen LogP contribution is 2.23. The molecule has 6 heteroatoms. The summed E-state index contributed by atoms with van der Waals surface area (Å²) >= 11 is 0. The van der Waals surface area contributed by atoms with Crippen molar-refractivity contribution in [2.75, 3.05) is 6.61 Å². The predicted molar refractivity (Wildman–Crippen MR) is 71.6 cm³/mol. The lowest BCUT2D eigenvalue weighted by Gasteiger charge is -2.13. The molecule has 2 atom stereocenters. The number of rotatable bonds is 4.